The zero-order valence-electron chi connectivity index (χ0n) is 15.9. The molecule has 0 aromatic heterocycles. The number of anilines is 2. The molecule has 0 saturated carbocycles. The van der Waals surface area contributed by atoms with Crippen LogP contribution in [0.25, 0.3) is 0 Å². The molecule has 1 N–H and O–H groups in total. The molecule has 4 rings (SSSR count). The Morgan fingerprint density at radius 3 is 2.07 bits per heavy atom. The standard InChI is InChI=1S/C23H29N3O/c27-23(26-17-7-8-18-26)22(19-9-3-1-4-10-19)24-20-11-13-21(14-12-20)25-15-5-2-6-16-25/h1,3-4,9-14,22,24H,2,5-8,15-18H2/t22-/m0/s1. The van der Waals surface area contributed by atoms with Crippen LogP contribution < -0.4 is 10.2 Å². The van der Waals surface area contributed by atoms with E-state index in [1.54, 1.807) is 0 Å². The Hall–Kier alpha value is -2.49. The molecule has 2 aliphatic heterocycles. The molecule has 4 nitrogen and oxygen atoms in total. The van der Waals surface area contributed by atoms with Gasteiger partial charge in [-0.1, -0.05) is 30.3 Å². The average Bonchev–Trinajstić information content (AvgIpc) is 3.28. The second-order valence-electron chi connectivity index (χ2n) is 7.62. The van der Waals surface area contributed by atoms with E-state index < -0.39 is 0 Å². The third-order valence-corrected chi connectivity index (χ3v) is 5.70. The van der Waals surface area contributed by atoms with Gasteiger partial charge in [0.25, 0.3) is 0 Å². The van der Waals surface area contributed by atoms with E-state index in [0.717, 1.165) is 50.3 Å². The Balaban J connectivity index is 1.51. The summed E-state index contributed by atoms with van der Waals surface area (Å²) in [5.74, 6) is 0.179. The quantitative estimate of drug-likeness (QED) is 0.852. The normalized spacial score (nSPS) is 18.4. The molecule has 2 saturated heterocycles. The molecule has 0 spiro atoms. The van der Waals surface area contributed by atoms with Crippen molar-refractivity contribution in [2.75, 3.05) is 36.4 Å². The highest BCUT2D eigenvalue weighted by atomic mass is 16.2. The van der Waals surface area contributed by atoms with Gasteiger partial charge in [0.2, 0.25) is 5.91 Å². The number of amides is 1. The van der Waals surface area contributed by atoms with Gasteiger partial charge in [0.15, 0.2) is 0 Å². The summed E-state index contributed by atoms with van der Waals surface area (Å²) >= 11 is 0. The van der Waals surface area contributed by atoms with Gasteiger partial charge in [-0.2, -0.15) is 0 Å². The van der Waals surface area contributed by atoms with Crippen LogP contribution in [0, 0.1) is 0 Å². The van der Waals surface area contributed by atoms with Crippen LogP contribution in [0.5, 0.6) is 0 Å². The van der Waals surface area contributed by atoms with Crippen molar-refractivity contribution in [3.05, 3.63) is 60.2 Å². The van der Waals surface area contributed by atoms with Gasteiger partial charge in [0.1, 0.15) is 6.04 Å². The third kappa shape index (κ3) is 4.26. The molecule has 2 aromatic carbocycles. The number of nitrogens with one attached hydrogen (secondary N) is 1. The lowest BCUT2D eigenvalue weighted by atomic mass is 10.0. The van der Waals surface area contributed by atoms with Gasteiger partial charge in [-0.3, -0.25) is 4.79 Å². The summed E-state index contributed by atoms with van der Waals surface area (Å²) in [5.41, 5.74) is 3.30. The van der Waals surface area contributed by atoms with E-state index in [1.165, 1.54) is 24.9 Å². The fourth-order valence-electron chi connectivity index (χ4n) is 4.14. The average molecular weight is 364 g/mol. The van der Waals surface area contributed by atoms with Gasteiger partial charge in [0.05, 0.1) is 0 Å². The van der Waals surface area contributed by atoms with Crippen molar-refractivity contribution < 1.29 is 4.79 Å². The molecule has 1 amide bonds. The largest absolute Gasteiger partial charge is 0.372 e. The van der Waals surface area contributed by atoms with Gasteiger partial charge in [0, 0.05) is 37.6 Å². The van der Waals surface area contributed by atoms with Gasteiger partial charge in [-0.25, -0.2) is 0 Å². The predicted octanol–water partition coefficient (Wildman–Crippen LogP) is 4.45. The minimum atomic E-state index is -0.329. The molecule has 0 aliphatic carbocycles. The maximum absolute atomic E-state index is 13.1. The first-order valence-corrected chi connectivity index (χ1v) is 10.3. The van der Waals surface area contributed by atoms with E-state index >= 15 is 0 Å². The summed E-state index contributed by atoms with van der Waals surface area (Å²) < 4.78 is 0. The van der Waals surface area contributed by atoms with Crippen molar-refractivity contribution in [2.45, 2.75) is 38.1 Å². The molecular formula is C23H29N3O. The molecule has 2 fully saturated rings. The minimum Gasteiger partial charge on any atom is -0.372 e. The topological polar surface area (TPSA) is 35.6 Å². The van der Waals surface area contributed by atoms with E-state index in [9.17, 15) is 4.79 Å². The fourth-order valence-corrected chi connectivity index (χ4v) is 4.14. The Morgan fingerprint density at radius 1 is 0.778 bits per heavy atom. The lowest BCUT2D eigenvalue weighted by Gasteiger charge is -2.29. The highest BCUT2D eigenvalue weighted by Gasteiger charge is 2.27. The SMILES string of the molecule is O=C([C@@H](Nc1ccc(N2CCCCC2)cc1)c1ccccc1)N1CCCC1. The maximum Gasteiger partial charge on any atom is 0.249 e. The summed E-state index contributed by atoms with van der Waals surface area (Å²) in [6.07, 6.45) is 6.11. The van der Waals surface area contributed by atoms with Gasteiger partial charge < -0.3 is 15.1 Å². The summed E-state index contributed by atoms with van der Waals surface area (Å²) in [5, 5.41) is 3.49. The highest BCUT2D eigenvalue weighted by molar-refractivity contribution is 5.86. The van der Waals surface area contributed by atoms with Crippen LogP contribution in [0.4, 0.5) is 11.4 Å². The van der Waals surface area contributed by atoms with Crippen LogP contribution in [0.15, 0.2) is 54.6 Å². The first kappa shape index (κ1) is 17.9. The summed E-state index contributed by atoms with van der Waals surface area (Å²) in [6, 6.07) is 18.3. The monoisotopic (exact) mass is 363 g/mol. The van der Waals surface area contributed by atoms with Crippen LogP contribution >= 0.6 is 0 Å². The number of rotatable bonds is 5. The molecule has 1 atom stereocenters. The number of benzene rings is 2. The van der Waals surface area contributed by atoms with Crippen molar-refractivity contribution in [3.63, 3.8) is 0 Å². The van der Waals surface area contributed by atoms with E-state index in [-0.39, 0.29) is 11.9 Å². The molecule has 0 bridgehead atoms. The van der Waals surface area contributed by atoms with Crippen LogP contribution in [0.3, 0.4) is 0 Å². The van der Waals surface area contributed by atoms with Crippen molar-refractivity contribution in [1.29, 1.82) is 0 Å². The lowest BCUT2D eigenvalue weighted by Crippen LogP contribution is -2.36. The molecule has 2 aliphatic rings. The number of carbonyl (C=O) groups excluding carboxylic acids is 1. The summed E-state index contributed by atoms with van der Waals surface area (Å²) in [6.45, 7) is 4.04. The van der Waals surface area contributed by atoms with E-state index in [2.05, 4.69) is 34.5 Å². The highest BCUT2D eigenvalue weighted by Crippen LogP contribution is 2.26. The number of nitrogens with zero attached hydrogens (tertiary/aromatic N) is 2. The third-order valence-electron chi connectivity index (χ3n) is 5.70. The molecule has 0 radical (unpaired) electrons. The van der Waals surface area contributed by atoms with Crippen molar-refractivity contribution in [2.24, 2.45) is 0 Å². The second kappa shape index (κ2) is 8.47. The number of likely N-dealkylation sites (tertiary alicyclic amines) is 1. The number of hydrogen-bond acceptors (Lipinski definition) is 3. The lowest BCUT2D eigenvalue weighted by molar-refractivity contribution is -0.131. The predicted molar refractivity (Wildman–Crippen MR) is 111 cm³/mol. The minimum absolute atomic E-state index is 0.179. The molecule has 2 aromatic rings. The van der Waals surface area contributed by atoms with Gasteiger partial charge in [-0.15, -0.1) is 0 Å². The Kier molecular flexibility index (Phi) is 5.61. The van der Waals surface area contributed by atoms with E-state index in [4.69, 9.17) is 0 Å². The van der Waals surface area contributed by atoms with Crippen molar-refractivity contribution in [1.82, 2.24) is 4.90 Å². The van der Waals surface area contributed by atoms with Gasteiger partial charge in [-0.05, 0) is 61.9 Å². The van der Waals surface area contributed by atoms with Crippen LogP contribution in [-0.4, -0.2) is 37.0 Å². The molecular weight excluding hydrogens is 334 g/mol. The Labute approximate surface area is 162 Å². The Morgan fingerprint density at radius 2 is 1.41 bits per heavy atom. The molecule has 2 heterocycles. The van der Waals surface area contributed by atoms with Crippen LogP contribution in [0.1, 0.15) is 43.7 Å². The fraction of sp³-hybridized carbons (Fsp3) is 0.435. The van der Waals surface area contributed by atoms with Crippen molar-refractivity contribution in [3.8, 4) is 0 Å². The van der Waals surface area contributed by atoms with Crippen LogP contribution in [-0.2, 0) is 4.79 Å². The van der Waals surface area contributed by atoms with E-state index in [1.807, 2.05) is 35.2 Å². The maximum atomic E-state index is 13.1. The number of piperidine rings is 1. The van der Waals surface area contributed by atoms with Gasteiger partial charge >= 0.3 is 0 Å². The summed E-state index contributed by atoms with van der Waals surface area (Å²) in [4.78, 5) is 17.6. The van der Waals surface area contributed by atoms with Crippen LogP contribution in [0.2, 0.25) is 0 Å². The number of hydrogen-bond donors (Lipinski definition) is 1. The van der Waals surface area contributed by atoms with Crippen molar-refractivity contribution >= 4 is 17.3 Å². The van der Waals surface area contributed by atoms with E-state index in [0.29, 0.717) is 0 Å². The second-order valence-corrected chi connectivity index (χ2v) is 7.62. The Bertz CT molecular complexity index is 732. The number of carbonyl (C=O) groups is 1. The zero-order valence-corrected chi connectivity index (χ0v) is 15.9. The molecule has 142 valence electrons. The first-order valence-electron chi connectivity index (χ1n) is 10.3. The molecule has 27 heavy (non-hydrogen) atoms. The zero-order chi connectivity index (χ0) is 18.5. The molecule has 4 heteroatoms. The summed E-state index contributed by atoms with van der Waals surface area (Å²) in [7, 11) is 0. The molecule has 0 unspecified atom stereocenters. The smallest absolute Gasteiger partial charge is 0.249 e. The first-order chi connectivity index (χ1) is 13.3.